The molecule has 1 unspecified atom stereocenters. The van der Waals surface area contributed by atoms with Gasteiger partial charge >= 0.3 is 0 Å². The average Bonchev–Trinajstić information content (AvgIpc) is 2.52. The summed E-state index contributed by atoms with van der Waals surface area (Å²) in [6, 6.07) is 7.02. The van der Waals surface area contributed by atoms with E-state index < -0.39 is 0 Å². The maximum Gasteiger partial charge on any atom is 0.170 e. The van der Waals surface area contributed by atoms with Crippen LogP contribution in [0.5, 0.6) is 0 Å². The van der Waals surface area contributed by atoms with Gasteiger partial charge in [-0.3, -0.25) is 4.90 Å². The molecule has 0 radical (unpaired) electrons. The smallest absolute Gasteiger partial charge is 0.170 e. The maximum atomic E-state index is 5.47. The Bertz CT molecular complexity index is 578. The fourth-order valence-corrected chi connectivity index (χ4v) is 4.29. The predicted octanol–water partition coefficient (Wildman–Crippen LogP) is 3.49. The van der Waals surface area contributed by atoms with E-state index in [1.807, 2.05) is 0 Å². The minimum absolute atomic E-state index is 0.601. The van der Waals surface area contributed by atoms with Gasteiger partial charge in [0.1, 0.15) is 0 Å². The van der Waals surface area contributed by atoms with Gasteiger partial charge in [0.15, 0.2) is 5.11 Å². The van der Waals surface area contributed by atoms with Crippen LogP contribution < -0.4 is 10.6 Å². The van der Waals surface area contributed by atoms with Crippen LogP contribution in [0.25, 0.3) is 0 Å². The van der Waals surface area contributed by atoms with Gasteiger partial charge in [-0.1, -0.05) is 12.1 Å². The fraction of sp³-hybridized carbons (Fsp3) is 0.526. The van der Waals surface area contributed by atoms with Crippen LogP contribution in [0, 0.1) is 25.7 Å². The Labute approximate surface area is 145 Å². The van der Waals surface area contributed by atoms with Crippen LogP contribution in [0.1, 0.15) is 24.0 Å². The van der Waals surface area contributed by atoms with Gasteiger partial charge in [-0.2, -0.15) is 0 Å². The van der Waals surface area contributed by atoms with Crippen molar-refractivity contribution in [3.05, 3.63) is 42.0 Å². The standard InChI is InChI=1S/C19H27N3S/c1-4-15-12-22-6-5-16(15)10-18(22)11-20-19(23)21-17-8-13(2)7-14(3)9-17/h4,7-9,15-16,18H,1,5-6,10-12H2,2-3H3,(H2,20,21,23)/t15-,16+,18+/m0/s1. The van der Waals surface area contributed by atoms with Crippen LogP contribution in [-0.4, -0.2) is 35.7 Å². The molecule has 0 amide bonds. The highest BCUT2D eigenvalue weighted by molar-refractivity contribution is 7.80. The van der Waals surface area contributed by atoms with E-state index in [1.54, 1.807) is 0 Å². The maximum absolute atomic E-state index is 5.47. The molecule has 3 nitrogen and oxygen atoms in total. The van der Waals surface area contributed by atoms with Crippen LogP contribution in [-0.2, 0) is 0 Å². The zero-order valence-corrected chi connectivity index (χ0v) is 15.0. The molecule has 2 bridgehead atoms. The van der Waals surface area contributed by atoms with E-state index in [1.165, 1.54) is 30.5 Å². The van der Waals surface area contributed by atoms with Gasteiger partial charge in [0.05, 0.1) is 0 Å². The molecule has 3 saturated heterocycles. The third-order valence-electron chi connectivity index (χ3n) is 5.21. The lowest BCUT2D eigenvalue weighted by atomic mass is 9.76. The molecule has 1 aromatic rings. The molecule has 0 spiro atoms. The Morgan fingerprint density at radius 2 is 2.09 bits per heavy atom. The second-order valence-corrected chi connectivity index (χ2v) is 7.45. The molecule has 4 heteroatoms. The quantitative estimate of drug-likeness (QED) is 0.653. The van der Waals surface area contributed by atoms with Gasteiger partial charge < -0.3 is 10.6 Å². The van der Waals surface area contributed by atoms with E-state index in [9.17, 15) is 0 Å². The first-order chi connectivity index (χ1) is 11.0. The van der Waals surface area contributed by atoms with Crippen molar-refractivity contribution in [3.63, 3.8) is 0 Å². The first-order valence-corrected chi connectivity index (χ1v) is 8.95. The topological polar surface area (TPSA) is 27.3 Å². The number of thiocarbonyl (C=S) groups is 1. The zero-order chi connectivity index (χ0) is 16.4. The number of benzene rings is 1. The number of hydrogen-bond acceptors (Lipinski definition) is 2. The lowest BCUT2D eigenvalue weighted by Crippen LogP contribution is -2.56. The number of rotatable bonds is 4. The van der Waals surface area contributed by atoms with E-state index in [-0.39, 0.29) is 0 Å². The fourth-order valence-electron chi connectivity index (χ4n) is 4.09. The highest BCUT2D eigenvalue weighted by Gasteiger charge is 2.38. The van der Waals surface area contributed by atoms with Crippen LogP contribution in [0.2, 0.25) is 0 Å². The second kappa shape index (κ2) is 7.02. The highest BCUT2D eigenvalue weighted by Crippen LogP contribution is 2.36. The molecule has 2 N–H and O–H groups in total. The summed E-state index contributed by atoms with van der Waals surface area (Å²) in [4.78, 5) is 2.60. The van der Waals surface area contributed by atoms with Gasteiger partial charge in [-0.05, 0) is 80.5 Å². The Kier molecular flexibility index (Phi) is 5.02. The molecule has 3 fully saturated rings. The second-order valence-electron chi connectivity index (χ2n) is 7.04. The minimum atomic E-state index is 0.601. The molecule has 0 aliphatic carbocycles. The van der Waals surface area contributed by atoms with E-state index in [0.29, 0.717) is 12.0 Å². The third-order valence-corrected chi connectivity index (χ3v) is 5.46. The largest absolute Gasteiger partial charge is 0.361 e. The summed E-state index contributed by atoms with van der Waals surface area (Å²) in [5.41, 5.74) is 3.57. The Morgan fingerprint density at radius 1 is 1.35 bits per heavy atom. The molecule has 23 heavy (non-hydrogen) atoms. The molecular weight excluding hydrogens is 302 g/mol. The number of anilines is 1. The number of fused-ring (bicyclic) bond motifs is 3. The molecule has 3 aliphatic rings. The van der Waals surface area contributed by atoms with E-state index in [0.717, 1.165) is 29.8 Å². The first kappa shape index (κ1) is 16.5. The molecule has 3 heterocycles. The monoisotopic (exact) mass is 329 g/mol. The molecule has 0 aromatic heterocycles. The Balaban J connectivity index is 1.51. The zero-order valence-electron chi connectivity index (χ0n) is 14.1. The lowest BCUT2D eigenvalue weighted by molar-refractivity contribution is 0.0215. The van der Waals surface area contributed by atoms with E-state index in [4.69, 9.17) is 12.2 Å². The summed E-state index contributed by atoms with van der Waals surface area (Å²) < 4.78 is 0. The predicted molar refractivity (Wildman–Crippen MR) is 102 cm³/mol. The van der Waals surface area contributed by atoms with Crippen molar-refractivity contribution in [2.45, 2.75) is 32.7 Å². The molecule has 4 atom stereocenters. The molecule has 124 valence electrons. The number of nitrogens with one attached hydrogen (secondary N) is 2. The summed E-state index contributed by atoms with van der Waals surface area (Å²) >= 11 is 5.47. The third kappa shape index (κ3) is 3.93. The number of piperidine rings is 3. The van der Waals surface area contributed by atoms with Crippen LogP contribution >= 0.6 is 12.2 Å². The van der Waals surface area contributed by atoms with Crippen LogP contribution in [0.3, 0.4) is 0 Å². The minimum Gasteiger partial charge on any atom is -0.361 e. The van der Waals surface area contributed by atoms with Crippen molar-refractivity contribution in [3.8, 4) is 0 Å². The van der Waals surface area contributed by atoms with Crippen molar-refractivity contribution in [2.75, 3.05) is 25.0 Å². The van der Waals surface area contributed by atoms with Crippen LogP contribution in [0.4, 0.5) is 5.69 Å². The Hall–Kier alpha value is -1.39. The van der Waals surface area contributed by atoms with Crippen molar-refractivity contribution < 1.29 is 0 Å². The van der Waals surface area contributed by atoms with Gasteiger partial charge in [-0.25, -0.2) is 0 Å². The molecule has 1 aromatic carbocycles. The van der Waals surface area contributed by atoms with E-state index in [2.05, 4.69) is 60.2 Å². The summed E-state index contributed by atoms with van der Waals surface area (Å²) in [5.74, 6) is 1.49. The van der Waals surface area contributed by atoms with Crippen molar-refractivity contribution in [1.82, 2.24) is 10.2 Å². The number of hydrogen-bond donors (Lipinski definition) is 2. The molecular formula is C19H27N3S. The highest BCUT2D eigenvalue weighted by atomic mass is 32.1. The summed E-state index contributed by atoms with van der Waals surface area (Å²) in [7, 11) is 0. The van der Waals surface area contributed by atoms with Gasteiger partial charge in [0.2, 0.25) is 0 Å². The van der Waals surface area contributed by atoms with Crippen molar-refractivity contribution in [1.29, 1.82) is 0 Å². The summed E-state index contributed by atoms with van der Waals surface area (Å²) in [6.07, 6.45) is 4.72. The van der Waals surface area contributed by atoms with Gasteiger partial charge in [0, 0.05) is 24.8 Å². The van der Waals surface area contributed by atoms with Gasteiger partial charge in [0.25, 0.3) is 0 Å². The Morgan fingerprint density at radius 3 is 2.70 bits per heavy atom. The summed E-state index contributed by atoms with van der Waals surface area (Å²) in [5, 5.41) is 7.44. The van der Waals surface area contributed by atoms with Gasteiger partial charge in [-0.15, -0.1) is 6.58 Å². The SMILES string of the molecule is C=C[C@H]1CN2CC[C@@H]1C[C@@H]2CNC(=S)Nc1cc(C)cc(C)c1. The molecule has 4 rings (SSSR count). The molecule has 0 saturated carbocycles. The summed E-state index contributed by atoms with van der Waals surface area (Å²) in [6.45, 7) is 11.5. The number of aryl methyl sites for hydroxylation is 2. The normalized spacial score (nSPS) is 29.1. The lowest BCUT2D eigenvalue weighted by Gasteiger charge is -2.49. The first-order valence-electron chi connectivity index (χ1n) is 8.55. The molecule has 3 aliphatic heterocycles. The van der Waals surface area contributed by atoms with Crippen molar-refractivity contribution in [2.24, 2.45) is 11.8 Å². The van der Waals surface area contributed by atoms with E-state index >= 15 is 0 Å². The van der Waals surface area contributed by atoms with Crippen molar-refractivity contribution >= 4 is 23.0 Å². The van der Waals surface area contributed by atoms with Crippen LogP contribution in [0.15, 0.2) is 30.9 Å². The number of nitrogens with zero attached hydrogens (tertiary/aromatic N) is 1. The average molecular weight is 330 g/mol.